The third-order valence-corrected chi connectivity index (χ3v) is 3.06. The van der Waals surface area contributed by atoms with E-state index in [0.717, 1.165) is 11.1 Å². The van der Waals surface area contributed by atoms with Gasteiger partial charge >= 0.3 is 0 Å². The Morgan fingerprint density at radius 3 is 2.50 bits per heavy atom. The molecule has 0 aliphatic heterocycles. The smallest absolute Gasteiger partial charge is 0.160 e. The van der Waals surface area contributed by atoms with Crippen molar-refractivity contribution in [1.29, 1.82) is 0 Å². The lowest BCUT2D eigenvalue weighted by atomic mass is 9.86. The molecule has 1 aromatic heterocycles. The molecular formula is C14H15ClN2O. The van der Waals surface area contributed by atoms with Crippen molar-refractivity contribution in [2.45, 2.75) is 26.2 Å². The molecular weight excluding hydrogens is 248 g/mol. The molecule has 0 unspecified atom stereocenters. The van der Waals surface area contributed by atoms with Crippen molar-refractivity contribution < 1.29 is 5.11 Å². The predicted octanol–water partition coefficient (Wildman–Crippen LogP) is 3.80. The van der Waals surface area contributed by atoms with E-state index in [-0.39, 0.29) is 11.2 Å². The van der Waals surface area contributed by atoms with Gasteiger partial charge in [-0.2, -0.15) is 0 Å². The Morgan fingerprint density at radius 1 is 1.22 bits per heavy atom. The molecule has 1 heterocycles. The first-order valence-corrected chi connectivity index (χ1v) is 6.07. The minimum Gasteiger partial charge on any atom is -0.504 e. The molecule has 4 heteroatoms. The third kappa shape index (κ3) is 2.46. The highest BCUT2D eigenvalue weighted by Crippen LogP contribution is 2.34. The molecule has 0 aliphatic rings. The number of hydrogen-bond donors (Lipinski definition) is 1. The predicted molar refractivity (Wildman–Crippen MR) is 72.8 cm³/mol. The summed E-state index contributed by atoms with van der Waals surface area (Å²) in [6.45, 7) is 6.32. The Labute approximate surface area is 111 Å². The molecule has 0 spiro atoms. The highest BCUT2D eigenvalue weighted by atomic mass is 35.5. The lowest BCUT2D eigenvalue weighted by Gasteiger charge is -2.21. The summed E-state index contributed by atoms with van der Waals surface area (Å²) < 4.78 is 0. The second-order valence-corrected chi connectivity index (χ2v) is 5.61. The molecule has 0 fully saturated rings. The van der Waals surface area contributed by atoms with Gasteiger partial charge in [-0.05, 0) is 17.0 Å². The number of aromatic nitrogens is 2. The van der Waals surface area contributed by atoms with Crippen LogP contribution in [0.1, 0.15) is 26.3 Å². The van der Waals surface area contributed by atoms with E-state index in [4.69, 9.17) is 11.6 Å². The molecule has 0 radical (unpaired) electrons. The Kier molecular flexibility index (Phi) is 3.26. The van der Waals surface area contributed by atoms with Crippen LogP contribution in [0, 0.1) is 0 Å². The van der Waals surface area contributed by atoms with Crippen LogP contribution in [0.15, 0.2) is 30.7 Å². The molecule has 2 aromatic rings. The van der Waals surface area contributed by atoms with Gasteiger partial charge in [0, 0.05) is 10.6 Å². The minimum atomic E-state index is -0.0106. The molecule has 3 nitrogen and oxygen atoms in total. The van der Waals surface area contributed by atoms with Gasteiger partial charge in [-0.25, -0.2) is 9.97 Å². The maximum absolute atomic E-state index is 9.72. The molecule has 0 saturated heterocycles. The number of nitrogens with zero attached hydrogens (tertiary/aromatic N) is 2. The fraction of sp³-hybridized carbons (Fsp3) is 0.286. The van der Waals surface area contributed by atoms with E-state index in [1.165, 1.54) is 12.5 Å². The Bertz CT molecular complexity index is 576. The van der Waals surface area contributed by atoms with Gasteiger partial charge in [0.15, 0.2) is 5.75 Å². The summed E-state index contributed by atoms with van der Waals surface area (Å²) in [4.78, 5) is 7.82. The molecule has 0 bridgehead atoms. The van der Waals surface area contributed by atoms with E-state index >= 15 is 0 Å². The summed E-state index contributed by atoms with van der Waals surface area (Å²) in [6.07, 6.45) is 2.77. The third-order valence-electron chi connectivity index (χ3n) is 2.74. The zero-order chi connectivity index (χ0) is 13.3. The Balaban J connectivity index is 2.51. The fourth-order valence-electron chi connectivity index (χ4n) is 1.82. The van der Waals surface area contributed by atoms with E-state index in [1.54, 1.807) is 0 Å². The van der Waals surface area contributed by atoms with E-state index in [2.05, 4.69) is 30.7 Å². The SMILES string of the molecule is CC(C)(C)c1ccc(-c2ncncc2O)cc1Cl. The molecule has 0 amide bonds. The fourth-order valence-corrected chi connectivity index (χ4v) is 2.28. The van der Waals surface area contributed by atoms with Crippen LogP contribution in [0.2, 0.25) is 5.02 Å². The average Bonchev–Trinajstić information content (AvgIpc) is 2.27. The van der Waals surface area contributed by atoms with Crippen molar-refractivity contribution in [1.82, 2.24) is 9.97 Å². The molecule has 1 N–H and O–H groups in total. The zero-order valence-electron chi connectivity index (χ0n) is 10.6. The highest BCUT2D eigenvalue weighted by Gasteiger charge is 2.18. The summed E-state index contributed by atoms with van der Waals surface area (Å²) in [7, 11) is 0. The van der Waals surface area contributed by atoms with Crippen LogP contribution in [0.3, 0.4) is 0 Å². The largest absolute Gasteiger partial charge is 0.504 e. The Morgan fingerprint density at radius 2 is 1.94 bits per heavy atom. The molecule has 0 aliphatic carbocycles. The first-order chi connectivity index (χ1) is 8.39. The summed E-state index contributed by atoms with van der Waals surface area (Å²) in [6, 6.07) is 5.71. The van der Waals surface area contributed by atoms with Gasteiger partial charge in [-0.3, -0.25) is 0 Å². The number of hydrogen-bond acceptors (Lipinski definition) is 3. The van der Waals surface area contributed by atoms with Gasteiger partial charge in [0.25, 0.3) is 0 Å². The molecule has 0 atom stereocenters. The normalized spacial score (nSPS) is 11.6. The molecule has 2 rings (SSSR count). The number of rotatable bonds is 1. The maximum Gasteiger partial charge on any atom is 0.160 e. The first-order valence-electron chi connectivity index (χ1n) is 5.69. The number of benzene rings is 1. The number of halogens is 1. The molecule has 0 saturated carbocycles. The average molecular weight is 263 g/mol. The molecule has 18 heavy (non-hydrogen) atoms. The van der Waals surface area contributed by atoms with Gasteiger partial charge in [0.2, 0.25) is 0 Å². The topological polar surface area (TPSA) is 46.0 Å². The van der Waals surface area contributed by atoms with Gasteiger partial charge in [0.1, 0.15) is 12.0 Å². The summed E-state index contributed by atoms with van der Waals surface area (Å²) >= 11 is 6.29. The Hall–Kier alpha value is -1.61. The summed E-state index contributed by atoms with van der Waals surface area (Å²) in [5.74, 6) is 0.0528. The minimum absolute atomic E-state index is 0.0106. The van der Waals surface area contributed by atoms with Gasteiger partial charge < -0.3 is 5.11 Å². The molecule has 1 aromatic carbocycles. The van der Waals surface area contributed by atoms with Crippen LogP contribution in [-0.2, 0) is 5.41 Å². The monoisotopic (exact) mass is 262 g/mol. The molecule has 94 valence electrons. The van der Waals surface area contributed by atoms with Crippen LogP contribution in [0.25, 0.3) is 11.3 Å². The van der Waals surface area contributed by atoms with Gasteiger partial charge in [-0.15, -0.1) is 0 Å². The zero-order valence-corrected chi connectivity index (χ0v) is 11.4. The summed E-state index contributed by atoms with van der Waals surface area (Å²) in [5, 5.41) is 10.4. The summed E-state index contributed by atoms with van der Waals surface area (Å²) in [5.41, 5.74) is 2.34. The van der Waals surface area contributed by atoms with Crippen LogP contribution >= 0.6 is 11.6 Å². The van der Waals surface area contributed by atoms with Gasteiger partial charge in [0.05, 0.1) is 6.20 Å². The second kappa shape index (κ2) is 4.58. The quantitative estimate of drug-likeness (QED) is 0.850. The lowest BCUT2D eigenvalue weighted by Crippen LogP contribution is -2.11. The van der Waals surface area contributed by atoms with Crippen molar-refractivity contribution in [2.24, 2.45) is 0 Å². The van der Waals surface area contributed by atoms with Crippen molar-refractivity contribution in [2.75, 3.05) is 0 Å². The van der Waals surface area contributed by atoms with Crippen LogP contribution < -0.4 is 0 Å². The van der Waals surface area contributed by atoms with Crippen LogP contribution in [0.4, 0.5) is 0 Å². The van der Waals surface area contributed by atoms with Crippen molar-refractivity contribution in [3.8, 4) is 17.0 Å². The van der Waals surface area contributed by atoms with Crippen molar-refractivity contribution >= 4 is 11.6 Å². The first kappa shape index (κ1) is 12.8. The second-order valence-electron chi connectivity index (χ2n) is 5.20. The standard InChI is InChI=1S/C14H15ClN2O/c1-14(2,3)10-5-4-9(6-11(10)15)13-12(18)7-16-8-17-13/h4-8,18H,1-3H3. The van der Waals surface area contributed by atoms with Gasteiger partial charge in [-0.1, -0.05) is 44.5 Å². The maximum atomic E-state index is 9.72. The van der Waals surface area contributed by atoms with E-state index < -0.39 is 0 Å². The van der Waals surface area contributed by atoms with Crippen LogP contribution in [-0.4, -0.2) is 15.1 Å². The van der Waals surface area contributed by atoms with E-state index in [9.17, 15) is 5.11 Å². The highest BCUT2D eigenvalue weighted by molar-refractivity contribution is 6.31. The van der Waals surface area contributed by atoms with E-state index in [0.29, 0.717) is 10.7 Å². The lowest BCUT2D eigenvalue weighted by molar-refractivity contribution is 0.472. The van der Waals surface area contributed by atoms with Crippen molar-refractivity contribution in [3.63, 3.8) is 0 Å². The number of aromatic hydroxyl groups is 1. The van der Waals surface area contributed by atoms with Crippen LogP contribution in [0.5, 0.6) is 5.75 Å². The van der Waals surface area contributed by atoms with Crippen molar-refractivity contribution in [3.05, 3.63) is 41.3 Å². The van der Waals surface area contributed by atoms with E-state index in [1.807, 2.05) is 18.2 Å².